The Bertz CT molecular complexity index is 263. The Balaban J connectivity index is 2.67. The molecule has 0 fully saturated rings. The highest BCUT2D eigenvalue weighted by Crippen LogP contribution is 2.05. The fourth-order valence-electron chi connectivity index (χ4n) is 1.03. The van der Waals surface area contributed by atoms with E-state index in [1.54, 1.807) is 12.4 Å². The van der Waals surface area contributed by atoms with Gasteiger partial charge in [0.05, 0.1) is 18.5 Å². The average Bonchev–Trinajstić information content (AvgIpc) is 2.04. The Labute approximate surface area is 78.1 Å². The number of ether oxygens (including phenoxy) is 1. The maximum atomic E-state index is 5.64. The number of hydrogen-bond donors (Lipinski definition) is 1. The topological polar surface area (TPSA) is 61.0 Å². The summed E-state index contributed by atoms with van der Waals surface area (Å²) in [4.78, 5) is 8.25. The third-order valence-corrected chi connectivity index (χ3v) is 1.49. The molecule has 1 aromatic rings. The summed E-state index contributed by atoms with van der Waals surface area (Å²) in [5, 5.41) is 0. The minimum absolute atomic E-state index is 0.103. The van der Waals surface area contributed by atoms with Gasteiger partial charge in [-0.05, 0) is 13.8 Å². The van der Waals surface area contributed by atoms with Crippen molar-refractivity contribution in [3.8, 4) is 5.88 Å². The van der Waals surface area contributed by atoms with Crippen LogP contribution in [0.1, 0.15) is 19.5 Å². The zero-order valence-electron chi connectivity index (χ0n) is 8.03. The summed E-state index contributed by atoms with van der Waals surface area (Å²) in [6.07, 6.45) is 4.05. The van der Waals surface area contributed by atoms with Crippen molar-refractivity contribution in [2.24, 2.45) is 5.73 Å². The fraction of sp³-hybridized carbons (Fsp3) is 0.556. The summed E-state index contributed by atoms with van der Waals surface area (Å²) < 4.78 is 5.21. The standard InChI is InChI=1S/C9H15N3O/c1-3-13-9-6-11-5-8(12-9)4-7(2)10/h5-7H,3-4,10H2,1-2H3. The summed E-state index contributed by atoms with van der Waals surface area (Å²) in [7, 11) is 0. The van der Waals surface area contributed by atoms with E-state index in [4.69, 9.17) is 10.5 Å². The molecule has 1 aromatic heterocycles. The summed E-state index contributed by atoms with van der Waals surface area (Å²) in [6, 6.07) is 0.103. The molecule has 0 radical (unpaired) electrons. The molecule has 72 valence electrons. The van der Waals surface area contributed by atoms with Crippen LogP contribution in [0, 0.1) is 0 Å². The Morgan fingerprint density at radius 3 is 2.92 bits per heavy atom. The van der Waals surface area contributed by atoms with E-state index < -0.39 is 0 Å². The molecule has 13 heavy (non-hydrogen) atoms. The highest BCUT2D eigenvalue weighted by molar-refractivity contribution is 5.09. The molecule has 0 aliphatic heterocycles. The first-order chi connectivity index (χ1) is 6.22. The molecule has 0 saturated heterocycles. The number of hydrogen-bond acceptors (Lipinski definition) is 4. The molecule has 0 aromatic carbocycles. The second-order valence-corrected chi connectivity index (χ2v) is 2.96. The first kappa shape index (κ1) is 9.92. The lowest BCUT2D eigenvalue weighted by molar-refractivity contribution is 0.324. The number of aromatic nitrogens is 2. The Kier molecular flexibility index (Phi) is 3.64. The van der Waals surface area contributed by atoms with Crippen molar-refractivity contribution in [2.45, 2.75) is 26.3 Å². The van der Waals surface area contributed by atoms with E-state index in [1.807, 2.05) is 13.8 Å². The molecule has 0 spiro atoms. The van der Waals surface area contributed by atoms with Crippen molar-refractivity contribution in [1.82, 2.24) is 9.97 Å². The van der Waals surface area contributed by atoms with Gasteiger partial charge in [-0.1, -0.05) is 0 Å². The number of nitrogens with zero attached hydrogens (tertiary/aromatic N) is 2. The monoisotopic (exact) mass is 181 g/mol. The van der Waals surface area contributed by atoms with Crippen molar-refractivity contribution >= 4 is 0 Å². The van der Waals surface area contributed by atoms with Gasteiger partial charge >= 0.3 is 0 Å². The van der Waals surface area contributed by atoms with Crippen LogP contribution in [0.2, 0.25) is 0 Å². The molecule has 1 unspecified atom stereocenters. The van der Waals surface area contributed by atoms with Crippen LogP contribution in [-0.4, -0.2) is 22.6 Å². The van der Waals surface area contributed by atoms with Crippen LogP contribution < -0.4 is 10.5 Å². The van der Waals surface area contributed by atoms with E-state index in [1.165, 1.54) is 0 Å². The molecular formula is C9H15N3O. The molecule has 0 saturated carbocycles. The summed E-state index contributed by atoms with van der Waals surface area (Å²) in [5.74, 6) is 0.570. The highest BCUT2D eigenvalue weighted by Gasteiger charge is 2.01. The van der Waals surface area contributed by atoms with Gasteiger partial charge in [-0.25, -0.2) is 4.98 Å². The first-order valence-corrected chi connectivity index (χ1v) is 4.41. The van der Waals surface area contributed by atoms with Gasteiger partial charge in [-0.15, -0.1) is 0 Å². The SMILES string of the molecule is CCOc1cncc(CC(C)N)n1. The molecule has 0 aliphatic carbocycles. The lowest BCUT2D eigenvalue weighted by atomic mass is 10.2. The van der Waals surface area contributed by atoms with Gasteiger partial charge in [0, 0.05) is 18.7 Å². The molecule has 1 atom stereocenters. The zero-order chi connectivity index (χ0) is 9.68. The van der Waals surface area contributed by atoms with Crippen molar-refractivity contribution in [2.75, 3.05) is 6.61 Å². The second kappa shape index (κ2) is 4.77. The van der Waals surface area contributed by atoms with Gasteiger partial charge in [0.15, 0.2) is 0 Å². The largest absolute Gasteiger partial charge is 0.477 e. The maximum absolute atomic E-state index is 5.64. The van der Waals surface area contributed by atoms with Crippen molar-refractivity contribution in [3.05, 3.63) is 18.1 Å². The van der Waals surface area contributed by atoms with Gasteiger partial charge in [-0.2, -0.15) is 0 Å². The first-order valence-electron chi connectivity index (χ1n) is 4.41. The van der Waals surface area contributed by atoms with E-state index in [0.29, 0.717) is 12.5 Å². The average molecular weight is 181 g/mol. The Hall–Kier alpha value is -1.16. The maximum Gasteiger partial charge on any atom is 0.232 e. The van der Waals surface area contributed by atoms with Gasteiger partial charge in [0.2, 0.25) is 5.88 Å². The molecule has 0 aliphatic rings. The van der Waals surface area contributed by atoms with Crippen LogP contribution in [-0.2, 0) is 6.42 Å². The summed E-state index contributed by atoms with van der Waals surface area (Å²) in [5.41, 5.74) is 6.52. The highest BCUT2D eigenvalue weighted by atomic mass is 16.5. The van der Waals surface area contributed by atoms with Crippen molar-refractivity contribution in [3.63, 3.8) is 0 Å². The minimum atomic E-state index is 0.103. The molecule has 0 bridgehead atoms. The van der Waals surface area contributed by atoms with Crippen LogP contribution in [0.3, 0.4) is 0 Å². The van der Waals surface area contributed by atoms with E-state index in [0.717, 1.165) is 12.1 Å². The van der Waals surface area contributed by atoms with Crippen LogP contribution in [0.5, 0.6) is 5.88 Å². The van der Waals surface area contributed by atoms with E-state index in [2.05, 4.69) is 9.97 Å². The number of nitrogens with two attached hydrogens (primary N) is 1. The molecule has 1 heterocycles. The molecule has 2 N–H and O–H groups in total. The lowest BCUT2D eigenvalue weighted by Gasteiger charge is -2.05. The normalized spacial score (nSPS) is 12.5. The molecule has 0 amide bonds. The minimum Gasteiger partial charge on any atom is -0.477 e. The van der Waals surface area contributed by atoms with E-state index in [-0.39, 0.29) is 6.04 Å². The van der Waals surface area contributed by atoms with Gasteiger partial charge in [0.1, 0.15) is 0 Å². The fourth-order valence-corrected chi connectivity index (χ4v) is 1.03. The van der Waals surface area contributed by atoms with Gasteiger partial charge < -0.3 is 10.5 Å². The second-order valence-electron chi connectivity index (χ2n) is 2.96. The molecule has 1 rings (SSSR count). The predicted molar refractivity (Wildman–Crippen MR) is 50.6 cm³/mol. The van der Waals surface area contributed by atoms with Crippen LogP contribution in [0.4, 0.5) is 0 Å². The Morgan fingerprint density at radius 1 is 1.54 bits per heavy atom. The zero-order valence-corrected chi connectivity index (χ0v) is 8.03. The summed E-state index contributed by atoms with van der Waals surface area (Å²) in [6.45, 7) is 4.46. The van der Waals surface area contributed by atoms with E-state index in [9.17, 15) is 0 Å². The van der Waals surface area contributed by atoms with Crippen LogP contribution in [0.25, 0.3) is 0 Å². The predicted octanol–water partition coefficient (Wildman–Crippen LogP) is 0.765. The quantitative estimate of drug-likeness (QED) is 0.745. The van der Waals surface area contributed by atoms with Crippen molar-refractivity contribution in [1.29, 1.82) is 0 Å². The Morgan fingerprint density at radius 2 is 2.31 bits per heavy atom. The molecular weight excluding hydrogens is 166 g/mol. The molecule has 4 nitrogen and oxygen atoms in total. The van der Waals surface area contributed by atoms with Crippen molar-refractivity contribution < 1.29 is 4.74 Å². The van der Waals surface area contributed by atoms with Crippen LogP contribution in [0.15, 0.2) is 12.4 Å². The van der Waals surface area contributed by atoms with Gasteiger partial charge in [0.25, 0.3) is 0 Å². The summed E-state index contributed by atoms with van der Waals surface area (Å²) >= 11 is 0. The third kappa shape index (κ3) is 3.38. The van der Waals surface area contributed by atoms with E-state index >= 15 is 0 Å². The number of rotatable bonds is 4. The molecule has 4 heteroatoms. The van der Waals surface area contributed by atoms with Crippen LogP contribution >= 0.6 is 0 Å². The smallest absolute Gasteiger partial charge is 0.232 e. The lowest BCUT2D eigenvalue weighted by Crippen LogP contribution is -2.18. The van der Waals surface area contributed by atoms with Gasteiger partial charge in [-0.3, -0.25) is 4.98 Å². The third-order valence-electron chi connectivity index (χ3n) is 1.49.